The van der Waals surface area contributed by atoms with E-state index in [-0.39, 0.29) is 18.4 Å². The third-order valence-electron chi connectivity index (χ3n) is 4.05. The Morgan fingerprint density at radius 2 is 1.56 bits per heavy atom. The highest BCUT2D eigenvalue weighted by Crippen LogP contribution is 2.23. The van der Waals surface area contributed by atoms with Crippen molar-refractivity contribution in [2.75, 3.05) is 17.2 Å². The van der Waals surface area contributed by atoms with Gasteiger partial charge in [-0.15, -0.1) is 0 Å². The molecule has 2 amide bonds. The first-order valence-corrected chi connectivity index (χ1v) is 8.30. The van der Waals surface area contributed by atoms with E-state index < -0.39 is 0 Å². The summed E-state index contributed by atoms with van der Waals surface area (Å²) in [4.78, 5) is 23.7. The summed E-state index contributed by atoms with van der Waals surface area (Å²) in [6.07, 6.45) is 0.403. The topological polar surface area (TPSA) is 67.4 Å². The van der Waals surface area contributed by atoms with Gasteiger partial charge in [-0.1, -0.05) is 19.1 Å². The number of anilines is 2. The van der Waals surface area contributed by atoms with Gasteiger partial charge in [0.15, 0.2) is 6.61 Å². The Hall–Kier alpha value is -2.82. The zero-order valence-corrected chi connectivity index (χ0v) is 15.1. The molecule has 0 unspecified atom stereocenters. The van der Waals surface area contributed by atoms with Gasteiger partial charge in [0.05, 0.1) is 0 Å². The van der Waals surface area contributed by atoms with Gasteiger partial charge in [-0.3, -0.25) is 9.59 Å². The summed E-state index contributed by atoms with van der Waals surface area (Å²) in [7, 11) is 0. The summed E-state index contributed by atoms with van der Waals surface area (Å²) >= 11 is 0. The van der Waals surface area contributed by atoms with Crippen LogP contribution in [-0.4, -0.2) is 18.4 Å². The van der Waals surface area contributed by atoms with Crippen molar-refractivity contribution in [3.05, 3.63) is 53.1 Å². The summed E-state index contributed by atoms with van der Waals surface area (Å²) < 4.78 is 5.55. The van der Waals surface area contributed by atoms with Gasteiger partial charge in [-0.05, 0) is 61.7 Å². The molecule has 0 bridgehead atoms. The number of rotatable bonds is 6. The van der Waals surface area contributed by atoms with Crippen LogP contribution in [0.5, 0.6) is 5.75 Å². The van der Waals surface area contributed by atoms with Gasteiger partial charge < -0.3 is 15.4 Å². The van der Waals surface area contributed by atoms with Crippen LogP contribution in [0, 0.1) is 20.8 Å². The molecule has 2 aromatic carbocycles. The zero-order chi connectivity index (χ0) is 18.4. The van der Waals surface area contributed by atoms with Crippen molar-refractivity contribution in [3.63, 3.8) is 0 Å². The molecule has 5 heteroatoms. The third kappa shape index (κ3) is 5.08. The first-order chi connectivity index (χ1) is 11.9. The van der Waals surface area contributed by atoms with Gasteiger partial charge in [-0.25, -0.2) is 0 Å². The molecule has 0 radical (unpaired) electrons. The van der Waals surface area contributed by atoms with E-state index in [1.807, 2.05) is 45.0 Å². The van der Waals surface area contributed by atoms with Crippen LogP contribution in [0.25, 0.3) is 0 Å². The number of aryl methyl sites for hydroxylation is 2. The van der Waals surface area contributed by atoms with Crippen LogP contribution in [0.3, 0.4) is 0 Å². The Labute approximate surface area is 148 Å². The molecule has 2 aromatic rings. The number of hydrogen-bond donors (Lipinski definition) is 2. The van der Waals surface area contributed by atoms with E-state index in [4.69, 9.17) is 4.74 Å². The van der Waals surface area contributed by atoms with E-state index >= 15 is 0 Å². The van der Waals surface area contributed by atoms with Gasteiger partial charge in [-0.2, -0.15) is 0 Å². The molecule has 0 saturated carbocycles. The molecule has 25 heavy (non-hydrogen) atoms. The Balaban J connectivity index is 1.99. The molecule has 0 saturated heterocycles. The van der Waals surface area contributed by atoms with Crippen LogP contribution in [0.2, 0.25) is 0 Å². The first kappa shape index (κ1) is 18.5. The SMILES string of the molecule is CCC(=O)Nc1cccc(NC(=O)COc2ccc(C)c(C)c2)c1C. The van der Waals surface area contributed by atoms with Gasteiger partial charge in [0, 0.05) is 17.8 Å². The quantitative estimate of drug-likeness (QED) is 0.836. The molecule has 0 aromatic heterocycles. The van der Waals surface area contributed by atoms with Gasteiger partial charge in [0.1, 0.15) is 5.75 Å². The van der Waals surface area contributed by atoms with Crippen molar-refractivity contribution < 1.29 is 14.3 Å². The van der Waals surface area contributed by atoms with Crippen LogP contribution in [0.15, 0.2) is 36.4 Å². The fraction of sp³-hybridized carbons (Fsp3) is 0.300. The lowest BCUT2D eigenvalue weighted by Gasteiger charge is -2.14. The second-order valence-corrected chi connectivity index (χ2v) is 5.96. The van der Waals surface area contributed by atoms with Crippen LogP contribution in [0.4, 0.5) is 11.4 Å². The number of benzene rings is 2. The van der Waals surface area contributed by atoms with Crippen LogP contribution >= 0.6 is 0 Å². The summed E-state index contributed by atoms with van der Waals surface area (Å²) in [5.41, 5.74) is 4.46. The molecule has 5 nitrogen and oxygen atoms in total. The lowest BCUT2D eigenvalue weighted by Crippen LogP contribution is -2.21. The average molecular weight is 340 g/mol. The Bertz CT molecular complexity index is 785. The zero-order valence-electron chi connectivity index (χ0n) is 15.1. The molecule has 2 N–H and O–H groups in total. The minimum absolute atomic E-state index is 0.0651. The number of carbonyl (C=O) groups is 2. The number of carbonyl (C=O) groups excluding carboxylic acids is 2. The van der Waals surface area contributed by atoms with E-state index in [0.717, 1.165) is 11.1 Å². The van der Waals surface area contributed by atoms with E-state index in [9.17, 15) is 9.59 Å². The van der Waals surface area contributed by atoms with Gasteiger partial charge in [0.2, 0.25) is 5.91 Å². The number of hydrogen-bond acceptors (Lipinski definition) is 3. The highest BCUT2D eigenvalue weighted by atomic mass is 16.5. The minimum atomic E-state index is -0.250. The number of amides is 2. The van der Waals surface area contributed by atoms with Crippen LogP contribution < -0.4 is 15.4 Å². The number of ether oxygens (including phenoxy) is 1. The Morgan fingerprint density at radius 3 is 2.16 bits per heavy atom. The van der Waals surface area contributed by atoms with Gasteiger partial charge >= 0.3 is 0 Å². The summed E-state index contributed by atoms with van der Waals surface area (Å²) in [5.74, 6) is 0.351. The lowest BCUT2D eigenvalue weighted by atomic mass is 10.1. The maximum Gasteiger partial charge on any atom is 0.262 e. The maximum atomic E-state index is 12.2. The monoisotopic (exact) mass is 340 g/mol. The molecule has 2 rings (SSSR count). The molecular formula is C20H24N2O3. The fourth-order valence-corrected chi connectivity index (χ4v) is 2.28. The maximum absolute atomic E-state index is 12.2. The van der Waals surface area contributed by atoms with E-state index in [1.54, 1.807) is 19.1 Å². The highest BCUT2D eigenvalue weighted by Gasteiger charge is 2.10. The molecule has 0 atom stereocenters. The number of nitrogens with one attached hydrogen (secondary N) is 2. The first-order valence-electron chi connectivity index (χ1n) is 8.30. The Kier molecular flexibility index (Phi) is 6.17. The predicted molar refractivity (Wildman–Crippen MR) is 100 cm³/mol. The predicted octanol–water partition coefficient (Wildman–Crippen LogP) is 3.98. The molecule has 0 aliphatic carbocycles. The van der Waals surface area contributed by atoms with Crippen molar-refractivity contribution in [1.29, 1.82) is 0 Å². The molecule has 0 spiro atoms. The molecule has 0 fully saturated rings. The minimum Gasteiger partial charge on any atom is -0.484 e. The summed E-state index contributed by atoms with van der Waals surface area (Å²) in [6.45, 7) is 7.60. The second kappa shape index (κ2) is 8.33. The van der Waals surface area contributed by atoms with Crippen molar-refractivity contribution in [2.45, 2.75) is 34.1 Å². The van der Waals surface area contributed by atoms with Crippen molar-refractivity contribution in [1.82, 2.24) is 0 Å². The summed E-state index contributed by atoms with van der Waals surface area (Å²) in [5, 5.41) is 5.64. The smallest absolute Gasteiger partial charge is 0.262 e. The molecule has 0 heterocycles. The van der Waals surface area contributed by atoms with E-state index in [1.165, 1.54) is 5.56 Å². The normalized spacial score (nSPS) is 10.2. The second-order valence-electron chi connectivity index (χ2n) is 5.96. The molecule has 0 aliphatic rings. The molecule has 0 aliphatic heterocycles. The average Bonchev–Trinajstić information content (AvgIpc) is 2.59. The van der Waals surface area contributed by atoms with E-state index in [0.29, 0.717) is 23.5 Å². The van der Waals surface area contributed by atoms with Crippen LogP contribution in [-0.2, 0) is 9.59 Å². The van der Waals surface area contributed by atoms with Gasteiger partial charge in [0.25, 0.3) is 5.91 Å². The van der Waals surface area contributed by atoms with E-state index in [2.05, 4.69) is 10.6 Å². The fourth-order valence-electron chi connectivity index (χ4n) is 2.28. The van der Waals surface area contributed by atoms with Crippen molar-refractivity contribution in [2.24, 2.45) is 0 Å². The third-order valence-corrected chi connectivity index (χ3v) is 4.05. The Morgan fingerprint density at radius 1 is 0.920 bits per heavy atom. The standard InChI is InChI=1S/C20H24N2O3/c1-5-19(23)21-17-7-6-8-18(15(17)4)22-20(24)12-25-16-10-9-13(2)14(3)11-16/h6-11H,5,12H2,1-4H3,(H,21,23)(H,22,24). The summed E-state index contributed by atoms with van der Waals surface area (Å²) in [6, 6.07) is 11.1. The van der Waals surface area contributed by atoms with Crippen molar-refractivity contribution >= 4 is 23.2 Å². The largest absolute Gasteiger partial charge is 0.484 e. The van der Waals surface area contributed by atoms with Crippen LogP contribution in [0.1, 0.15) is 30.0 Å². The van der Waals surface area contributed by atoms with Crippen molar-refractivity contribution in [3.8, 4) is 5.75 Å². The highest BCUT2D eigenvalue weighted by molar-refractivity contribution is 5.96. The molecule has 132 valence electrons. The lowest BCUT2D eigenvalue weighted by molar-refractivity contribution is -0.118. The molecular weight excluding hydrogens is 316 g/mol.